The Morgan fingerprint density at radius 2 is 2.08 bits per heavy atom. The number of methoxy groups -OCH3 is 1. The molecule has 1 aromatic carbocycles. The van der Waals surface area contributed by atoms with Crippen LogP contribution in [0.1, 0.15) is 52.5 Å². The van der Waals surface area contributed by atoms with E-state index >= 15 is 0 Å². The van der Waals surface area contributed by atoms with Crippen molar-refractivity contribution in [3.63, 3.8) is 0 Å². The van der Waals surface area contributed by atoms with Gasteiger partial charge in [-0.1, -0.05) is 17.9 Å². The van der Waals surface area contributed by atoms with Gasteiger partial charge in [-0.15, -0.1) is 0 Å². The number of carbonyl (C=O) groups excluding carboxylic acids is 2. The van der Waals surface area contributed by atoms with Crippen molar-refractivity contribution in [2.45, 2.75) is 64.2 Å². The number of nitrogens with one attached hydrogen (secondary N) is 3. The maximum absolute atomic E-state index is 13.4. The van der Waals surface area contributed by atoms with Gasteiger partial charge in [0.15, 0.2) is 0 Å². The van der Waals surface area contributed by atoms with Gasteiger partial charge in [0.1, 0.15) is 22.8 Å². The molecule has 1 aliphatic rings. The molecule has 2 atom stereocenters. The third-order valence-corrected chi connectivity index (χ3v) is 6.14. The zero-order valence-electron chi connectivity index (χ0n) is 23.4. The number of benzene rings is 1. The lowest BCUT2D eigenvalue weighted by atomic mass is 9.97. The van der Waals surface area contributed by atoms with Gasteiger partial charge in [0.05, 0.1) is 24.4 Å². The standard InChI is InChI=1S/C28H37FN6O4/c1-27(2,3)39-26(37)35-18-22(38-6)16-28(35,4)24(36)31-14-9-7-8-11-19-17-32-25(34-23(19)30-5)33-21-13-10-12-20(29)15-21/h10,12-13,15,17,22H,7,9,14,16,18H2,1-6H3,(H,31,36)(H2,30,32,33,34)/t22-,28-/m0/s1. The molecule has 2 heterocycles. The van der Waals surface area contributed by atoms with E-state index in [1.165, 1.54) is 17.0 Å². The molecule has 2 aromatic rings. The fraction of sp³-hybridized carbons (Fsp3) is 0.500. The number of nitrogens with zero attached hydrogens (tertiary/aromatic N) is 3. The highest BCUT2D eigenvalue weighted by Crippen LogP contribution is 2.32. The molecule has 0 aliphatic carbocycles. The minimum Gasteiger partial charge on any atom is -0.444 e. The number of unbranched alkanes of at least 4 members (excludes halogenated alkanes) is 1. The summed E-state index contributed by atoms with van der Waals surface area (Å²) in [5.41, 5.74) is -0.594. The van der Waals surface area contributed by atoms with Crippen LogP contribution in [0.2, 0.25) is 0 Å². The van der Waals surface area contributed by atoms with E-state index in [1.807, 2.05) is 0 Å². The van der Waals surface area contributed by atoms with Crippen molar-refractivity contribution in [2.75, 3.05) is 37.9 Å². The number of halogens is 1. The lowest BCUT2D eigenvalue weighted by Crippen LogP contribution is -2.56. The fourth-order valence-corrected chi connectivity index (χ4v) is 4.14. The molecule has 0 spiro atoms. The van der Waals surface area contributed by atoms with E-state index in [4.69, 9.17) is 9.47 Å². The first-order valence-corrected chi connectivity index (χ1v) is 12.8. The molecule has 1 aliphatic heterocycles. The van der Waals surface area contributed by atoms with Crippen molar-refractivity contribution >= 4 is 29.5 Å². The zero-order valence-corrected chi connectivity index (χ0v) is 23.4. The number of aromatic nitrogens is 2. The van der Waals surface area contributed by atoms with E-state index in [2.05, 4.69) is 37.8 Å². The predicted octanol–water partition coefficient (Wildman–Crippen LogP) is 4.06. The number of ether oxygens (including phenoxy) is 2. The first-order valence-electron chi connectivity index (χ1n) is 12.8. The van der Waals surface area contributed by atoms with Gasteiger partial charge in [-0.25, -0.2) is 14.2 Å². The summed E-state index contributed by atoms with van der Waals surface area (Å²) in [5.74, 6) is 6.36. The van der Waals surface area contributed by atoms with E-state index in [9.17, 15) is 14.0 Å². The molecule has 2 amide bonds. The van der Waals surface area contributed by atoms with Crippen molar-refractivity contribution in [2.24, 2.45) is 0 Å². The average Bonchev–Trinajstić information content (AvgIpc) is 3.23. The molecule has 39 heavy (non-hydrogen) atoms. The van der Waals surface area contributed by atoms with Crippen LogP contribution >= 0.6 is 0 Å². The first kappa shape index (κ1) is 29.6. The zero-order chi connectivity index (χ0) is 28.6. The average molecular weight is 541 g/mol. The van der Waals surface area contributed by atoms with Gasteiger partial charge in [-0.3, -0.25) is 9.69 Å². The third kappa shape index (κ3) is 8.04. The molecule has 3 N–H and O–H groups in total. The number of likely N-dealkylation sites (tertiary alicyclic amines) is 1. The molecule has 1 saturated heterocycles. The lowest BCUT2D eigenvalue weighted by Gasteiger charge is -2.34. The Hall–Kier alpha value is -3.91. The second-order valence-corrected chi connectivity index (χ2v) is 10.4. The molecular formula is C28H37FN6O4. The number of hydrogen-bond acceptors (Lipinski definition) is 8. The summed E-state index contributed by atoms with van der Waals surface area (Å²) in [5, 5.41) is 8.89. The normalized spacial score (nSPS) is 18.6. The Kier molecular flexibility index (Phi) is 9.70. The van der Waals surface area contributed by atoms with Gasteiger partial charge >= 0.3 is 6.09 Å². The van der Waals surface area contributed by atoms with Gasteiger partial charge in [-0.05, 0) is 52.3 Å². The fourth-order valence-electron chi connectivity index (χ4n) is 4.14. The van der Waals surface area contributed by atoms with Crippen molar-refractivity contribution in [3.8, 4) is 11.8 Å². The first-order chi connectivity index (χ1) is 18.4. The number of hydrogen-bond donors (Lipinski definition) is 3. The Morgan fingerprint density at radius 1 is 1.31 bits per heavy atom. The van der Waals surface area contributed by atoms with Crippen molar-refractivity contribution in [1.29, 1.82) is 0 Å². The Balaban J connectivity index is 1.54. The molecule has 210 valence electrons. The largest absolute Gasteiger partial charge is 0.444 e. The van der Waals surface area contributed by atoms with Crippen LogP contribution in [0.3, 0.4) is 0 Å². The molecule has 11 heteroatoms. The topological polar surface area (TPSA) is 118 Å². The minimum atomic E-state index is -1.07. The second-order valence-electron chi connectivity index (χ2n) is 10.4. The molecular weight excluding hydrogens is 503 g/mol. The van der Waals surface area contributed by atoms with Crippen LogP contribution in [-0.2, 0) is 14.3 Å². The van der Waals surface area contributed by atoms with Crippen LogP contribution in [0.15, 0.2) is 30.5 Å². The van der Waals surface area contributed by atoms with Crippen LogP contribution in [0, 0.1) is 17.7 Å². The molecule has 10 nitrogen and oxygen atoms in total. The highest BCUT2D eigenvalue weighted by atomic mass is 19.1. The molecule has 1 fully saturated rings. The summed E-state index contributed by atoms with van der Waals surface area (Å²) in [4.78, 5) is 36.0. The van der Waals surface area contributed by atoms with Crippen LogP contribution in [0.5, 0.6) is 0 Å². The summed E-state index contributed by atoms with van der Waals surface area (Å²) in [6.45, 7) is 7.78. The number of amides is 2. The third-order valence-electron chi connectivity index (χ3n) is 6.14. The summed E-state index contributed by atoms with van der Waals surface area (Å²) in [6.07, 6.45) is 2.33. The summed E-state index contributed by atoms with van der Waals surface area (Å²) >= 11 is 0. The van der Waals surface area contributed by atoms with Crippen molar-refractivity contribution < 1.29 is 23.5 Å². The van der Waals surface area contributed by atoms with Gasteiger partial charge in [-0.2, -0.15) is 4.98 Å². The van der Waals surface area contributed by atoms with Crippen LogP contribution in [0.25, 0.3) is 0 Å². The Bertz CT molecular complexity index is 1240. The smallest absolute Gasteiger partial charge is 0.411 e. The predicted molar refractivity (Wildman–Crippen MR) is 147 cm³/mol. The molecule has 0 radical (unpaired) electrons. The minimum absolute atomic E-state index is 0.252. The molecule has 0 unspecified atom stereocenters. The van der Waals surface area contributed by atoms with E-state index in [0.717, 1.165) is 0 Å². The van der Waals surface area contributed by atoms with E-state index in [0.29, 0.717) is 48.8 Å². The Morgan fingerprint density at radius 3 is 2.74 bits per heavy atom. The second kappa shape index (κ2) is 12.8. The van der Waals surface area contributed by atoms with Crippen LogP contribution in [-0.4, -0.2) is 71.4 Å². The summed E-state index contributed by atoms with van der Waals surface area (Å²) in [7, 11) is 3.30. The highest BCUT2D eigenvalue weighted by molar-refractivity contribution is 5.90. The van der Waals surface area contributed by atoms with Gasteiger partial charge in [0.2, 0.25) is 11.9 Å². The van der Waals surface area contributed by atoms with Crippen molar-refractivity contribution in [1.82, 2.24) is 20.2 Å². The lowest BCUT2D eigenvalue weighted by molar-refractivity contribution is -0.131. The van der Waals surface area contributed by atoms with E-state index in [-0.39, 0.29) is 24.4 Å². The summed E-state index contributed by atoms with van der Waals surface area (Å²) < 4.78 is 24.4. The van der Waals surface area contributed by atoms with Crippen LogP contribution < -0.4 is 16.0 Å². The number of rotatable bonds is 8. The molecule has 0 bridgehead atoms. The van der Waals surface area contributed by atoms with E-state index < -0.39 is 17.2 Å². The molecule has 1 aromatic heterocycles. The quantitative estimate of drug-likeness (QED) is 0.339. The van der Waals surface area contributed by atoms with Gasteiger partial charge < -0.3 is 25.4 Å². The van der Waals surface area contributed by atoms with Gasteiger partial charge in [0, 0.05) is 39.2 Å². The number of carbonyl (C=O) groups is 2. The molecule has 3 rings (SSSR count). The monoisotopic (exact) mass is 540 g/mol. The number of anilines is 3. The maximum atomic E-state index is 13.4. The summed E-state index contributed by atoms with van der Waals surface area (Å²) in [6, 6.07) is 6.03. The van der Waals surface area contributed by atoms with Crippen LogP contribution in [0.4, 0.5) is 26.6 Å². The van der Waals surface area contributed by atoms with Crippen molar-refractivity contribution in [3.05, 3.63) is 41.8 Å². The maximum Gasteiger partial charge on any atom is 0.411 e. The molecule has 0 saturated carbocycles. The Labute approximate surface area is 229 Å². The van der Waals surface area contributed by atoms with E-state index in [1.54, 1.807) is 60.2 Å². The van der Waals surface area contributed by atoms with Gasteiger partial charge in [0.25, 0.3) is 0 Å². The SMILES string of the molecule is CNc1nc(Nc2cccc(F)c2)ncc1C#CCCCNC(=O)[C@]1(C)C[C@H](OC)CN1C(=O)OC(C)(C)C. The highest BCUT2D eigenvalue weighted by Gasteiger charge is 2.51.